The Kier molecular flexibility index (Phi) is 5.65. The third kappa shape index (κ3) is 3.38. The molecule has 22 heavy (non-hydrogen) atoms. The predicted molar refractivity (Wildman–Crippen MR) is 99.8 cm³/mol. The van der Waals surface area contributed by atoms with Gasteiger partial charge in [0, 0.05) is 18.0 Å². The zero-order valence-corrected chi connectivity index (χ0v) is 15.7. The number of halogens is 2. The summed E-state index contributed by atoms with van der Waals surface area (Å²) in [6, 6.07) is 0.722. The standard InChI is InChI=1S/C13H18N4OS2.2ClH/c1-13(2)7-17-8(6-20-12(17)16-13)5-19-11-14-9-3-18-4-10(9)15-11;;/h6,9-10H,3-5,7H2,1-2H3,(H,14,15);2*1H. The number of nitrogens with one attached hydrogen (secondary N) is 1. The van der Waals surface area contributed by atoms with Gasteiger partial charge < -0.3 is 15.0 Å². The van der Waals surface area contributed by atoms with Gasteiger partial charge in [-0.15, -0.1) is 24.8 Å². The summed E-state index contributed by atoms with van der Waals surface area (Å²) in [5, 5.41) is 7.90. The average molecular weight is 383 g/mol. The lowest BCUT2D eigenvalue weighted by atomic mass is 10.1. The van der Waals surface area contributed by atoms with Crippen LogP contribution in [0.25, 0.3) is 0 Å². The lowest BCUT2D eigenvalue weighted by Crippen LogP contribution is -2.33. The number of hydrogen-bond acceptors (Lipinski definition) is 7. The molecular weight excluding hydrogens is 363 g/mol. The normalized spacial score (nSPS) is 30.5. The van der Waals surface area contributed by atoms with Crippen LogP contribution in [0.3, 0.4) is 0 Å². The van der Waals surface area contributed by atoms with E-state index in [1.807, 2.05) is 0 Å². The molecule has 4 aliphatic heterocycles. The maximum Gasteiger partial charge on any atom is 0.168 e. The number of nitrogens with zero attached hydrogens (tertiary/aromatic N) is 3. The molecule has 0 aromatic rings. The van der Waals surface area contributed by atoms with Crippen LogP contribution in [0, 0.1) is 0 Å². The van der Waals surface area contributed by atoms with Gasteiger partial charge in [-0.2, -0.15) is 0 Å². The highest BCUT2D eigenvalue weighted by Gasteiger charge is 2.37. The van der Waals surface area contributed by atoms with Gasteiger partial charge in [0.05, 0.1) is 30.8 Å². The molecule has 0 aromatic heterocycles. The average Bonchev–Trinajstić information content (AvgIpc) is 3.05. The van der Waals surface area contributed by atoms with Gasteiger partial charge in [-0.1, -0.05) is 23.5 Å². The van der Waals surface area contributed by atoms with Gasteiger partial charge >= 0.3 is 0 Å². The quantitative estimate of drug-likeness (QED) is 0.793. The van der Waals surface area contributed by atoms with Crippen molar-refractivity contribution in [3.8, 4) is 0 Å². The van der Waals surface area contributed by atoms with E-state index in [9.17, 15) is 0 Å². The maximum absolute atomic E-state index is 5.40. The Morgan fingerprint density at radius 3 is 3.05 bits per heavy atom. The van der Waals surface area contributed by atoms with E-state index in [-0.39, 0.29) is 30.4 Å². The molecule has 0 aromatic carbocycles. The first-order valence-electron chi connectivity index (χ1n) is 6.89. The number of aliphatic imine (C=N–C) groups is 2. The van der Waals surface area contributed by atoms with Gasteiger partial charge in [-0.3, -0.25) is 9.98 Å². The van der Waals surface area contributed by atoms with E-state index >= 15 is 0 Å². The Hall–Kier alpha value is -0.0800. The maximum atomic E-state index is 5.40. The van der Waals surface area contributed by atoms with Crippen molar-refractivity contribution in [3.05, 3.63) is 11.1 Å². The second-order valence-electron chi connectivity index (χ2n) is 6.10. The number of amidine groups is 2. The molecule has 0 amide bonds. The summed E-state index contributed by atoms with van der Waals surface area (Å²) in [6.07, 6.45) is 0. The fourth-order valence-electron chi connectivity index (χ4n) is 2.80. The van der Waals surface area contributed by atoms with E-state index in [0.29, 0.717) is 12.1 Å². The van der Waals surface area contributed by atoms with E-state index < -0.39 is 0 Å². The summed E-state index contributed by atoms with van der Waals surface area (Å²) in [5.41, 5.74) is 1.39. The first-order valence-corrected chi connectivity index (χ1v) is 8.75. The molecule has 2 unspecified atom stereocenters. The van der Waals surface area contributed by atoms with E-state index in [4.69, 9.17) is 9.73 Å². The Bertz CT molecular complexity index is 538. The molecule has 1 N–H and O–H groups in total. The van der Waals surface area contributed by atoms with Crippen LogP contribution in [0.4, 0.5) is 0 Å². The van der Waals surface area contributed by atoms with Crippen molar-refractivity contribution in [2.75, 3.05) is 25.5 Å². The van der Waals surface area contributed by atoms with Crippen LogP contribution < -0.4 is 5.32 Å². The number of ether oxygens (including phenoxy) is 1. The first-order chi connectivity index (χ1) is 9.61. The molecule has 9 heteroatoms. The fourth-order valence-corrected chi connectivity index (χ4v) is 4.93. The highest BCUT2D eigenvalue weighted by atomic mass is 35.5. The molecular formula is C13H20Cl2N4OS2. The van der Waals surface area contributed by atoms with Crippen molar-refractivity contribution < 1.29 is 4.74 Å². The van der Waals surface area contributed by atoms with Crippen LogP contribution in [-0.2, 0) is 4.74 Å². The molecule has 1 saturated heterocycles. The summed E-state index contributed by atoms with van der Waals surface area (Å²) < 4.78 is 5.40. The molecule has 0 bridgehead atoms. The highest BCUT2D eigenvalue weighted by molar-refractivity contribution is 8.17. The molecule has 1 fully saturated rings. The van der Waals surface area contributed by atoms with Gasteiger partial charge in [0.25, 0.3) is 0 Å². The van der Waals surface area contributed by atoms with Crippen LogP contribution in [0.5, 0.6) is 0 Å². The second kappa shape index (κ2) is 6.81. The van der Waals surface area contributed by atoms with Crippen LogP contribution in [0.15, 0.2) is 21.1 Å². The summed E-state index contributed by atoms with van der Waals surface area (Å²) in [4.78, 5) is 11.8. The van der Waals surface area contributed by atoms with Crippen molar-refractivity contribution >= 4 is 58.7 Å². The Morgan fingerprint density at radius 2 is 2.27 bits per heavy atom. The molecule has 2 atom stereocenters. The Morgan fingerprint density at radius 1 is 1.45 bits per heavy atom. The SMILES string of the molecule is CC1(C)CN2C(CSC3=NC4COCC4N3)=CSC2=N1.Cl.Cl. The number of fused-ring (bicyclic) bond motifs is 2. The lowest BCUT2D eigenvalue weighted by Gasteiger charge is -2.20. The van der Waals surface area contributed by atoms with Crippen LogP contribution >= 0.6 is 48.3 Å². The number of rotatable bonds is 2. The zero-order valence-electron chi connectivity index (χ0n) is 12.4. The minimum Gasteiger partial charge on any atom is -0.377 e. The van der Waals surface area contributed by atoms with Gasteiger partial charge in [0.2, 0.25) is 0 Å². The van der Waals surface area contributed by atoms with Crippen molar-refractivity contribution in [3.63, 3.8) is 0 Å². The van der Waals surface area contributed by atoms with Crippen LogP contribution in [-0.4, -0.2) is 58.4 Å². The molecule has 0 radical (unpaired) electrons. The summed E-state index contributed by atoms with van der Waals surface area (Å²) in [6.45, 7) is 6.91. The zero-order chi connectivity index (χ0) is 13.7. The lowest BCUT2D eigenvalue weighted by molar-refractivity contribution is 0.188. The van der Waals surface area contributed by atoms with Gasteiger partial charge in [-0.05, 0) is 19.3 Å². The second-order valence-corrected chi connectivity index (χ2v) is 7.90. The molecule has 4 rings (SSSR count). The van der Waals surface area contributed by atoms with E-state index in [2.05, 4.69) is 34.5 Å². The van der Waals surface area contributed by atoms with Gasteiger partial charge in [0.15, 0.2) is 10.3 Å². The van der Waals surface area contributed by atoms with Crippen molar-refractivity contribution in [2.45, 2.75) is 31.5 Å². The number of hydrogen-bond donors (Lipinski definition) is 1. The summed E-state index contributed by atoms with van der Waals surface area (Å²) in [5.74, 6) is 0.953. The highest BCUT2D eigenvalue weighted by Crippen LogP contribution is 2.36. The van der Waals surface area contributed by atoms with Gasteiger partial charge in [-0.25, -0.2) is 0 Å². The molecule has 0 aliphatic carbocycles. The van der Waals surface area contributed by atoms with E-state index in [1.54, 1.807) is 23.5 Å². The predicted octanol–water partition coefficient (Wildman–Crippen LogP) is 2.33. The van der Waals surface area contributed by atoms with Crippen LogP contribution in [0.2, 0.25) is 0 Å². The molecule has 0 spiro atoms. The molecule has 5 nitrogen and oxygen atoms in total. The smallest absolute Gasteiger partial charge is 0.168 e. The van der Waals surface area contributed by atoms with E-state index in [0.717, 1.165) is 35.8 Å². The third-order valence-corrected chi connectivity index (χ3v) is 5.67. The molecule has 4 heterocycles. The monoisotopic (exact) mass is 382 g/mol. The molecule has 0 saturated carbocycles. The summed E-state index contributed by atoms with van der Waals surface area (Å²) >= 11 is 3.54. The molecule has 4 aliphatic rings. The minimum absolute atomic E-state index is 0. The minimum atomic E-state index is 0. The largest absolute Gasteiger partial charge is 0.377 e. The fraction of sp³-hybridized carbons (Fsp3) is 0.692. The van der Waals surface area contributed by atoms with Gasteiger partial charge in [0.1, 0.15) is 0 Å². The number of thioether (sulfide) groups is 2. The third-order valence-electron chi connectivity index (χ3n) is 3.82. The molecule has 124 valence electrons. The Labute approximate surface area is 151 Å². The first kappa shape index (κ1) is 18.3. The van der Waals surface area contributed by atoms with Crippen molar-refractivity contribution in [2.24, 2.45) is 9.98 Å². The van der Waals surface area contributed by atoms with E-state index in [1.165, 1.54) is 5.70 Å². The van der Waals surface area contributed by atoms with Crippen molar-refractivity contribution in [1.29, 1.82) is 0 Å². The topological polar surface area (TPSA) is 49.2 Å². The summed E-state index contributed by atoms with van der Waals surface area (Å²) in [7, 11) is 0. The van der Waals surface area contributed by atoms with Crippen molar-refractivity contribution in [1.82, 2.24) is 10.2 Å². The van der Waals surface area contributed by atoms with Crippen LogP contribution in [0.1, 0.15) is 13.8 Å². The Balaban J connectivity index is 0.000000882.